The molecule has 0 saturated carbocycles. The number of nitrogens with one attached hydrogen (secondary N) is 1. The number of ether oxygens (including phenoxy) is 1. The lowest BCUT2D eigenvalue weighted by atomic mass is 10.0. The molecular formula is C22H28N2O4S. The molecule has 0 spiro atoms. The van der Waals surface area contributed by atoms with Gasteiger partial charge in [-0.2, -0.15) is 4.31 Å². The summed E-state index contributed by atoms with van der Waals surface area (Å²) in [4.78, 5) is 12.0. The largest absolute Gasteiger partial charge is 0.497 e. The van der Waals surface area contributed by atoms with Crippen LogP contribution in [0.1, 0.15) is 29.5 Å². The van der Waals surface area contributed by atoms with Gasteiger partial charge in [0.05, 0.1) is 12.9 Å². The van der Waals surface area contributed by atoms with E-state index in [1.165, 1.54) is 9.87 Å². The molecule has 29 heavy (non-hydrogen) atoms. The lowest BCUT2D eigenvalue weighted by molar-refractivity contribution is -0.121. The highest BCUT2D eigenvalue weighted by Crippen LogP contribution is 2.25. The van der Waals surface area contributed by atoms with Crippen LogP contribution in [0.25, 0.3) is 0 Å². The first-order chi connectivity index (χ1) is 14.0. The number of fused-ring (bicyclic) bond motifs is 1. The molecule has 0 fully saturated rings. The third-order valence-electron chi connectivity index (χ3n) is 5.18. The summed E-state index contributed by atoms with van der Waals surface area (Å²) < 4.78 is 32.0. The Kier molecular flexibility index (Phi) is 7.28. The Balaban J connectivity index is 1.42. The van der Waals surface area contributed by atoms with Crippen molar-refractivity contribution in [3.63, 3.8) is 0 Å². The van der Waals surface area contributed by atoms with Gasteiger partial charge in [0.15, 0.2) is 0 Å². The second-order valence-electron chi connectivity index (χ2n) is 7.22. The van der Waals surface area contributed by atoms with E-state index in [0.717, 1.165) is 29.7 Å². The number of aryl methyl sites for hydroxylation is 1. The van der Waals surface area contributed by atoms with Gasteiger partial charge in [-0.05, 0) is 48.1 Å². The van der Waals surface area contributed by atoms with Crippen LogP contribution in [0.4, 0.5) is 0 Å². The van der Waals surface area contributed by atoms with Gasteiger partial charge in [-0.25, -0.2) is 8.42 Å². The quantitative estimate of drug-likeness (QED) is 0.682. The highest BCUT2D eigenvalue weighted by atomic mass is 32.2. The Morgan fingerprint density at radius 1 is 1.14 bits per heavy atom. The molecule has 1 aliphatic heterocycles. The van der Waals surface area contributed by atoms with Gasteiger partial charge in [0.2, 0.25) is 15.9 Å². The van der Waals surface area contributed by atoms with Gasteiger partial charge in [0.25, 0.3) is 0 Å². The van der Waals surface area contributed by atoms with E-state index in [4.69, 9.17) is 4.74 Å². The Labute approximate surface area is 172 Å². The number of benzene rings is 2. The molecule has 1 aliphatic rings. The van der Waals surface area contributed by atoms with E-state index in [1.807, 2.05) is 48.5 Å². The van der Waals surface area contributed by atoms with E-state index >= 15 is 0 Å². The summed E-state index contributed by atoms with van der Waals surface area (Å²) >= 11 is 0. The molecule has 0 aliphatic carbocycles. The topological polar surface area (TPSA) is 75.7 Å². The minimum atomic E-state index is -3.41. The molecule has 0 bridgehead atoms. The molecule has 6 nitrogen and oxygen atoms in total. The SMILES string of the molecule is COc1ccc2c(c1)CCN(S(=O)(=O)CCNC(=O)CCCc1ccccc1)C2. The summed E-state index contributed by atoms with van der Waals surface area (Å²) in [6.45, 7) is 0.957. The maximum atomic E-state index is 12.6. The molecule has 156 valence electrons. The first-order valence-electron chi connectivity index (χ1n) is 9.92. The Morgan fingerprint density at radius 2 is 1.93 bits per heavy atom. The van der Waals surface area contributed by atoms with Gasteiger partial charge >= 0.3 is 0 Å². The minimum Gasteiger partial charge on any atom is -0.497 e. The van der Waals surface area contributed by atoms with Gasteiger partial charge in [-0.3, -0.25) is 4.79 Å². The van der Waals surface area contributed by atoms with E-state index < -0.39 is 10.0 Å². The Hall–Kier alpha value is -2.38. The summed E-state index contributed by atoms with van der Waals surface area (Å²) in [5, 5.41) is 2.74. The van der Waals surface area contributed by atoms with Crippen LogP contribution in [0, 0.1) is 0 Å². The van der Waals surface area contributed by atoms with E-state index in [-0.39, 0.29) is 18.2 Å². The number of hydrogen-bond donors (Lipinski definition) is 1. The van der Waals surface area contributed by atoms with Crippen molar-refractivity contribution in [1.82, 2.24) is 9.62 Å². The van der Waals surface area contributed by atoms with Crippen molar-refractivity contribution in [2.75, 3.05) is 26.0 Å². The summed E-state index contributed by atoms with van der Waals surface area (Å²) in [5.41, 5.74) is 3.33. The molecule has 0 unspecified atom stereocenters. The maximum Gasteiger partial charge on any atom is 0.220 e. The lowest BCUT2D eigenvalue weighted by Gasteiger charge is -2.28. The van der Waals surface area contributed by atoms with Crippen LogP contribution < -0.4 is 10.1 Å². The molecule has 1 N–H and O–H groups in total. The number of carbonyl (C=O) groups is 1. The summed E-state index contributed by atoms with van der Waals surface area (Å²) in [6.07, 6.45) is 2.64. The van der Waals surface area contributed by atoms with Crippen molar-refractivity contribution in [2.24, 2.45) is 0 Å². The van der Waals surface area contributed by atoms with Crippen LogP contribution in [0.5, 0.6) is 5.75 Å². The lowest BCUT2D eigenvalue weighted by Crippen LogP contribution is -2.40. The number of rotatable bonds is 9. The van der Waals surface area contributed by atoms with E-state index in [0.29, 0.717) is 25.9 Å². The van der Waals surface area contributed by atoms with Crippen molar-refractivity contribution in [3.8, 4) is 5.75 Å². The van der Waals surface area contributed by atoms with Gasteiger partial charge < -0.3 is 10.1 Å². The van der Waals surface area contributed by atoms with Crippen molar-refractivity contribution >= 4 is 15.9 Å². The first kappa shape index (κ1) is 21.3. The summed E-state index contributed by atoms with van der Waals surface area (Å²) in [5.74, 6) is 0.602. The molecule has 0 radical (unpaired) electrons. The molecule has 0 atom stereocenters. The highest BCUT2D eigenvalue weighted by molar-refractivity contribution is 7.89. The predicted molar refractivity (Wildman–Crippen MR) is 113 cm³/mol. The van der Waals surface area contributed by atoms with Crippen LogP contribution in [0.3, 0.4) is 0 Å². The van der Waals surface area contributed by atoms with Crippen LogP contribution in [0.2, 0.25) is 0 Å². The third-order valence-corrected chi connectivity index (χ3v) is 7.00. The number of nitrogens with zero attached hydrogens (tertiary/aromatic N) is 1. The van der Waals surface area contributed by atoms with Crippen LogP contribution in [-0.4, -0.2) is 44.6 Å². The number of methoxy groups -OCH3 is 1. The van der Waals surface area contributed by atoms with Crippen molar-refractivity contribution in [2.45, 2.75) is 32.2 Å². The van der Waals surface area contributed by atoms with Gasteiger partial charge in [0.1, 0.15) is 5.75 Å². The smallest absolute Gasteiger partial charge is 0.220 e. The molecule has 1 heterocycles. The normalized spacial score (nSPS) is 14.2. The van der Waals surface area contributed by atoms with Crippen LogP contribution in [0.15, 0.2) is 48.5 Å². The number of hydrogen-bond acceptors (Lipinski definition) is 4. The monoisotopic (exact) mass is 416 g/mol. The zero-order chi connectivity index (χ0) is 20.7. The fourth-order valence-corrected chi connectivity index (χ4v) is 4.83. The molecule has 3 rings (SSSR count). The van der Waals surface area contributed by atoms with Crippen LogP contribution in [-0.2, 0) is 34.2 Å². The second kappa shape index (κ2) is 9.89. The average Bonchev–Trinajstić information content (AvgIpc) is 2.73. The van der Waals surface area contributed by atoms with E-state index in [2.05, 4.69) is 5.32 Å². The number of carbonyl (C=O) groups excluding carboxylic acids is 1. The Bertz CT molecular complexity index is 929. The first-order valence-corrected chi connectivity index (χ1v) is 11.5. The Morgan fingerprint density at radius 3 is 2.69 bits per heavy atom. The molecule has 1 amide bonds. The third kappa shape index (κ3) is 6.05. The van der Waals surface area contributed by atoms with Gasteiger partial charge in [0, 0.05) is 26.1 Å². The molecule has 2 aromatic rings. The zero-order valence-electron chi connectivity index (χ0n) is 16.8. The summed E-state index contributed by atoms with van der Waals surface area (Å²) in [6, 6.07) is 15.7. The van der Waals surface area contributed by atoms with Crippen LogP contribution >= 0.6 is 0 Å². The molecule has 0 aromatic heterocycles. The summed E-state index contributed by atoms with van der Waals surface area (Å²) in [7, 11) is -1.79. The molecule has 0 saturated heterocycles. The predicted octanol–water partition coefficient (Wildman–Crippen LogP) is 2.52. The van der Waals surface area contributed by atoms with Crippen molar-refractivity contribution < 1.29 is 17.9 Å². The van der Waals surface area contributed by atoms with Crippen molar-refractivity contribution in [3.05, 3.63) is 65.2 Å². The number of amides is 1. The highest BCUT2D eigenvalue weighted by Gasteiger charge is 2.26. The van der Waals surface area contributed by atoms with Gasteiger partial charge in [-0.15, -0.1) is 0 Å². The zero-order valence-corrected chi connectivity index (χ0v) is 17.6. The average molecular weight is 417 g/mol. The fourth-order valence-electron chi connectivity index (χ4n) is 3.50. The van der Waals surface area contributed by atoms with E-state index in [9.17, 15) is 13.2 Å². The van der Waals surface area contributed by atoms with Crippen molar-refractivity contribution in [1.29, 1.82) is 0 Å². The molecule has 7 heteroatoms. The molecule has 2 aromatic carbocycles. The molecular weight excluding hydrogens is 388 g/mol. The van der Waals surface area contributed by atoms with Gasteiger partial charge in [-0.1, -0.05) is 36.4 Å². The fraction of sp³-hybridized carbons (Fsp3) is 0.409. The second-order valence-corrected chi connectivity index (χ2v) is 9.31. The maximum absolute atomic E-state index is 12.6. The van der Waals surface area contributed by atoms with E-state index in [1.54, 1.807) is 7.11 Å². The standard InChI is InChI=1S/C22H28N2O4S/c1-28-21-11-10-20-17-24(14-12-19(20)16-21)29(26,27)15-13-23-22(25)9-5-8-18-6-3-2-4-7-18/h2-4,6-7,10-11,16H,5,8-9,12-15,17H2,1H3,(H,23,25). The number of sulfonamides is 1. The minimum absolute atomic E-state index is 0.0804.